The lowest BCUT2D eigenvalue weighted by Crippen LogP contribution is -2.34. The maximum Gasteiger partial charge on any atom is 0.416 e. The van der Waals surface area contributed by atoms with Gasteiger partial charge in [0.25, 0.3) is 0 Å². The first-order valence-electron chi connectivity index (χ1n) is 6.64. The van der Waals surface area contributed by atoms with Crippen LogP contribution < -0.4 is 5.32 Å². The fourth-order valence-corrected chi connectivity index (χ4v) is 2.65. The molecule has 1 aliphatic rings. The molecule has 1 aromatic heterocycles. The molecule has 0 bridgehead atoms. The van der Waals surface area contributed by atoms with Gasteiger partial charge in [-0.1, -0.05) is 0 Å². The van der Waals surface area contributed by atoms with Gasteiger partial charge in [0.15, 0.2) is 11.5 Å². The van der Waals surface area contributed by atoms with Crippen molar-refractivity contribution in [1.29, 1.82) is 0 Å². The van der Waals surface area contributed by atoms with Crippen LogP contribution in [0.1, 0.15) is 37.1 Å². The highest BCUT2D eigenvalue weighted by atomic mass is 19.4. The van der Waals surface area contributed by atoms with Gasteiger partial charge in [0, 0.05) is 12.0 Å². The molecule has 2 atom stereocenters. The van der Waals surface area contributed by atoms with Crippen LogP contribution in [0.4, 0.5) is 13.2 Å². The lowest BCUT2D eigenvalue weighted by molar-refractivity contribution is -0.137. The van der Waals surface area contributed by atoms with Crippen molar-refractivity contribution in [2.24, 2.45) is 0 Å². The fraction of sp³-hybridized carbons (Fsp3) is 0.500. The Hall–Kier alpha value is -1.56. The van der Waals surface area contributed by atoms with E-state index < -0.39 is 11.7 Å². The predicted octanol–water partition coefficient (Wildman–Crippen LogP) is 3.70. The Bertz CT molecular complexity index is 620. The van der Waals surface area contributed by atoms with E-state index in [0.29, 0.717) is 17.5 Å². The number of nitrogens with zero attached hydrogens (tertiary/aromatic N) is 1. The Morgan fingerprint density at radius 3 is 2.85 bits per heavy atom. The number of rotatable bonds is 1. The molecular formula is C14H15F3N2O. The van der Waals surface area contributed by atoms with Crippen LogP contribution in [-0.2, 0) is 6.18 Å². The molecule has 108 valence electrons. The van der Waals surface area contributed by atoms with Gasteiger partial charge in [-0.15, -0.1) is 0 Å². The number of halogens is 3. The first-order valence-corrected chi connectivity index (χ1v) is 6.64. The van der Waals surface area contributed by atoms with E-state index in [9.17, 15) is 13.2 Å². The summed E-state index contributed by atoms with van der Waals surface area (Å²) >= 11 is 0. The summed E-state index contributed by atoms with van der Waals surface area (Å²) in [4.78, 5) is 4.25. The smallest absolute Gasteiger partial charge is 0.416 e. The minimum Gasteiger partial charge on any atom is -0.440 e. The van der Waals surface area contributed by atoms with Gasteiger partial charge in [-0.05, 0) is 44.5 Å². The molecule has 0 saturated carbocycles. The number of benzene rings is 1. The molecular weight excluding hydrogens is 269 g/mol. The molecule has 2 unspecified atom stereocenters. The summed E-state index contributed by atoms with van der Waals surface area (Å²) < 4.78 is 43.6. The molecule has 0 amide bonds. The molecule has 20 heavy (non-hydrogen) atoms. The summed E-state index contributed by atoms with van der Waals surface area (Å²) in [5.41, 5.74) is 0.00345. The Labute approximate surface area is 114 Å². The average Bonchev–Trinajstić information content (AvgIpc) is 2.80. The monoisotopic (exact) mass is 284 g/mol. The number of fused-ring (bicyclic) bond motifs is 1. The summed E-state index contributed by atoms with van der Waals surface area (Å²) in [5.74, 6) is 0.723. The number of piperidine rings is 1. The van der Waals surface area contributed by atoms with Gasteiger partial charge in [0.05, 0.1) is 5.56 Å². The third kappa shape index (κ3) is 2.52. The van der Waals surface area contributed by atoms with Crippen molar-refractivity contribution in [2.45, 2.75) is 37.9 Å². The Morgan fingerprint density at radius 2 is 2.15 bits per heavy atom. The number of aromatic nitrogens is 1. The van der Waals surface area contributed by atoms with Crippen LogP contribution >= 0.6 is 0 Å². The third-order valence-corrected chi connectivity index (χ3v) is 3.70. The Balaban J connectivity index is 1.94. The second kappa shape index (κ2) is 4.77. The minimum atomic E-state index is -4.35. The zero-order valence-electron chi connectivity index (χ0n) is 11.0. The summed E-state index contributed by atoms with van der Waals surface area (Å²) in [5, 5.41) is 3.33. The maximum atomic E-state index is 12.7. The minimum absolute atomic E-state index is 0.174. The van der Waals surface area contributed by atoms with Crippen molar-refractivity contribution < 1.29 is 17.6 Å². The van der Waals surface area contributed by atoms with E-state index in [1.54, 1.807) is 0 Å². The average molecular weight is 284 g/mol. The summed E-state index contributed by atoms with van der Waals surface area (Å²) in [7, 11) is 0. The molecule has 1 aromatic carbocycles. The van der Waals surface area contributed by atoms with Crippen LogP contribution in [0.25, 0.3) is 11.1 Å². The fourth-order valence-electron chi connectivity index (χ4n) is 2.65. The molecule has 2 heterocycles. The van der Waals surface area contributed by atoms with Gasteiger partial charge in [-0.2, -0.15) is 13.2 Å². The second-order valence-electron chi connectivity index (χ2n) is 5.31. The van der Waals surface area contributed by atoms with Crippen LogP contribution in [0.15, 0.2) is 22.6 Å². The number of oxazole rings is 1. The lowest BCUT2D eigenvalue weighted by Gasteiger charge is -2.25. The number of nitrogens with one attached hydrogen (secondary N) is 1. The van der Waals surface area contributed by atoms with Gasteiger partial charge in [0.2, 0.25) is 0 Å². The van der Waals surface area contributed by atoms with Gasteiger partial charge >= 0.3 is 6.18 Å². The van der Waals surface area contributed by atoms with E-state index in [0.717, 1.165) is 31.5 Å². The highest BCUT2D eigenvalue weighted by Gasteiger charge is 2.31. The molecule has 3 nitrogen and oxygen atoms in total. The molecule has 1 saturated heterocycles. The second-order valence-corrected chi connectivity index (χ2v) is 5.31. The topological polar surface area (TPSA) is 38.1 Å². The van der Waals surface area contributed by atoms with Gasteiger partial charge in [0.1, 0.15) is 5.52 Å². The van der Waals surface area contributed by atoms with E-state index in [2.05, 4.69) is 17.2 Å². The van der Waals surface area contributed by atoms with E-state index in [-0.39, 0.29) is 11.4 Å². The van der Waals surface area contributed by atoms with Crippen LogP contribution in [-0.4, -0.2) is 17.6 Å². The van der Waals surface area contributed by atoms with Gasteiger partial charge in [-0.3, -0.25) is 0 Å². The van der Waals surface area contributed by atoms with Crippen LogP contribution in [0.5, 0.6) is 0 Å². The van der Waals surface area contributed by atoms with Crippen molar-refractivity contribution in [3.05, 3.63) is 29.7 Å². The van der Waals surface area contributed by atoms with E-state index in [4.69, 9.17) is 4.42 Å². The molecule has 0 aliphatic carbocycles. The molecule has 0 spiro atoms. The highest BCUT2D eigenvalue weighted by molar-refractivity contribution is 5.73. The predicted molar refractivity (Wildman–Crippen MR) is 68.5 cm³/mol. The highest BCUT2D eigenvalue weighted by Crippen LogP contribution is 2.34. The number of hydrogen-bond acceptors (Lipinski definition) is 3. The van der Waals surface area contributed by atoms with E-state index in [1.807, 2.05) is 0 Å². The third-order valence-electron chi connectivity index (χ3n) is 3.70. The van der Waals surface area contributed by atoms with Crippen molar-refractivity contribution in [1.82, 2.24) is 10.3 Å². The van der Waals surface area contributed by atoms with E-state index in [1.165, 1.54) is 6.07 Å². The largest absolute Gasteiger partial charge is 0.440 e. The first-order chi connectivity index (χ1) is 9.43. The van der Waals surface area contributed by atoms with Gasteiger partial charge < -0.3 is 9.73 Å². The molecule has 0 radical (unpaired) electrons. The van der Waals surface area contributed by atoms with Crippen LogP contribution in [0, 0.1) is 0 Å². The van der Waals surface area contributed by atoms with Crippen molar-refractivity contribution in [3.8, 4) is 0 Å². The van der Waals surface area contributed by atoms with Crippen LogP contribution in [0.3, 0.4) is 0 Å². The first kappa shape index (κ1) is 13.4. The summed E-state index contributed by atoms with van der Waals surface area (Å²) in [6, 6.07) is 3.79. The maximum absolute atomic E-state index is 12.7. The molecule has 2 aromatic rings. The zero-order chi connectivity index (χ0) is 14.3. The van der Waals surface area contributed by atoms with E-state index >= 15 is 0 Å². The Kier molecular flexibility index (Phi) is 3.20. The zero-order valence-corrected chi connectivity index (χ0v) is 11.0. The normalized spacial score (nSPS) is 24.2. The molecule has 1 aliphatic heterocycles. The standard InChI is InChI=1S/C14H15F3N2O/c1-8-6-9(4-5-18-8)13-19-11-7-10(14(15,16)17)2-3-12(11)20-13/h2-3,7-9,18H,4-6H2,1H3. The SMILES string of the molecule is CC1CC(c2nc3cc(C(F)(F)F)ccc3o2)CCN1. The lowest BCUT2D eigenvalue weighted by atomic mass is 9.93. The molecule has 1 N–H and O–H groups in total. The molecule has 3 rings (SSSR count). The summed E-state index contributed by atoms with van der Waals surface area (Å²) in [6.45, 7) is 2.95. The van der Waals surface area contributed by atoms with Gasteiger partial charge in [-0.25, -0.2) is 4.98 Å². The quantitative estimate of drug-likeness (QED) is 0.867. The van der Waals surface area contributed by atoms with Crippen molar-refractivity contribution in [2.75, 3.05) is 6.54 Å². The summed E-state index contributed by atoms with van der Waals surface area (Å²) in [6.07, 6.45) is -2.57. The van der Waals surface area contributed by atoms with Crippen molar-refractivity contribution in [3.63, 3.8) is 0 Å². The number of alkyl halides is 3. The van der Waals surface area contributed by atoms with Crippen molar-refractivity contribution >= 4 is 11.1 Å². The molecule has 1 fully saturated rings. The van der Waals surface area contributed by atoms with Crippen LogP contribution in [0.2, 0.25) is 0 Å². The number of hydrogen-bond donors (Lipinski definition) is 1. The Morgan fingerprint density at radius 1 is 1.35 bits per heavy atom. The molecule has 6 heteroatoms.